The molecule has 1 aliphatic carbocycles. The maximum atomic E-state index is 11.0. The van der Waals surface area contributed by atoms with Crippen molar-refractivity contribution in [2.24, 2.45) is 5.41 Å². The fraction of sp³-hybridized carbons (Fsp3) is 0.615. The lowest BCUT2D eigenvalue weighted by atomic mass is 9.65. The van der Waals surface area contributed by atoms with Gasteiger partial charge in [0, 0.05) is 4.88 Å². The Morgan fingerprint density at radius 3 is 2.56 bits per heavy atom. The van der Waals surface area contributed by atoms with Crippen LogP contribution in [0.25, 0.3) is 0 Å². The number of thiophene rings is 1. The molecule has 2 nitrogen and oxygen atoms in total. The summed E-state index contributed by atoms with van der Waals surface area (Å²) in [6.07, 6.45) is 2.12. The fourth-order valence-electron chi connectivity index (χ4n) is 3.03. The quantitative estimate of drug-likeness (QED) is 0.810. The van der Waals surface area contributed by atoms with Gasteiger partial charge in [0.1, 0.15) is 4.88 Å². The van der Waals surface area contributed by atoms with Crippen LogP contribution in [0.4, 0.5) is 0 Å². The van der Waals surface area contributed by atoms with E-state index in [1.165, 1.54) is 21.8 Å². The predicted molar refractivity (Wildman–Crippen MR) is 66.4 cm³/mol. The minimum atomic E-state index is -0.798. The first-order valence-corrected chi connectivity index (χ1v) is 6.39. The van der Waals surface area contributed by atoms with E-state index < -0.39 is 5.97 Å². The molecule has 0 fully saturated rings. The van der Waals surface area contributed by atoms with E-state index in [1.54, 1.807) is 0 Å². The van der Waals surface area contributed by atoms with E-state index in [0.717, 1.165) is 12.8 Å². The zero-order valence-electron chi connectivity index (χ0n) is 10.3. The van der Waals surface area contributed by atoms with Gasteiger partial charge in [0.25, 0.3) is 0 Å². The molecule has 1 aromatic heterocycles. The number of hydrogen-bond acceptors (Lipinski definition) is 2. The molecule has 0 radical (unpaired) electrons. The fourth-order valence-corrected chi connectivity index (χ4v) is 4.46. The maximum Gasteiger partial charge on any atom is 0.345 e. The van der Waals surface area contributed by atoms with E-state index in [-0.39, 0.29) is 10.8 Å². The first-order chi connectivity index (χ1) is 7.21. The smallest absolute Gasteiger partial charge is 0.345 e. The summed E-state index contributed by atoms with van der Waals surface area (Å²) in [4.78, 5) is 12.7. The van der Waals surface area contributed by atoms with E-state index in [9.17, 15) is 4.79 Å². The topological polar surface area (TPSA) is 37.3 Å². The van der Waals surface area contributed by atoms with Crippen LogP contribution in [-0.2, 0) is 11.8 Å². The Bertz CT molecular complexity index is 441. The molecule has 1 aliphatic rings. The Kier molecular flexibility index (Phi) is 2.42. The van der Waals surface area contributed by atoms with Gasteiger partial charge in [-0.15, -0.1) is 11.3 Å². The third-order valence-electron chi connectivity index (χ3n) is 3.31. The monoisotopic (exact) mass is 238 g/mol. The molecular formula is C13H18O2S. The van der Waals surface area contributed by atoms with Crippen molar-refractivity contribution in [3.05, 3.63) is 21.4 Å². The van der Waals surface area contributed by atoms with Gasteiger partial charge < -0.3 is 5.11 Å². The lowest BCUT2D eigenvalue weighted by Gasteiger charge is -2.40. The van der Waals surface area contributed by atoms with E-state index in [4.69, 9.17) is 5.11 Å². The van der Waals surface area contributed by atoms with Crippen molar-refractivity contribution in [1.82, 2.24) is 0 Å². The highest BCUT2D eigenvalue weighted by Crippen LogP contribution is 2.48. The number of rotatable bonds is 1. The summed E-state index contributed by atoms with van der Waals surface area (Å²) in [6, 6.07) is 1.87. The molecule has 0 aliphatic heterocycles. The Morgan fingerprint density at radius 2 is 2.00 bits per heavy atom. The molecule has 16 heavy (non-hydrogen) atoms. The summed E-state index contributed by atoms with van der Waals surface area (Å²) < 4.78 is 0. The molecule has 0 saturated carbocycles. The second-order valence-electron chi connectivity index (χ2n) is 6.15. The molecule has 1 aromatic rings. The van der Waals surface area contributed by atoms with Crippen molar-refractivity contribution in [3.63, 3.8) is 0 Å². The van der Waals surface area contributed by atoms with Crippen LogP contribution >= 0.6 is 11.3 Å². The molecule has 0 spiro atoms. The van der Waals surface area contributed by atoms with E-state index >= 15 is 0 Å². The SMILES string of the molecule is CC1(C)Cc2sc(C(=O)O)cc2C(C)(C)C1. The second kappa shape index (κ2) is 3.33. The Morgan fingerprint density at radius 1 is 1.38 bits per heavy atom. The van der Waals surface area contributed by atoms with Crippen LogP contribution in [-0.4, -0.2) is 11.1 Å². The molecule has 2 rings (SSSR count). The molecule has 0 aromatic carbocycles. The molecule has 88 valence electrons. The Balaban J connectivity index is 2.52. The van der Waals surface area contributed by atoms with Gasteiger partial charge in [-0.25, -0.2) is 4.79 Å². The molecular weight excluding hydrogens is 220 g/mol. The normalized spacial score (nSPS) is 21.5. The van der Waals surface area contributed by atoms with Crippen molar-refractivity contribution >= 4 is 17.3 Å². The highest BCUT2D eigenvalue weighted by Gasteiger charge is 2.39. The Hall–Kier alpha value is -0.830. The van der Waals surface area contributed by atoms with Gasteiger partial charge in [-0.2, -0.15) is 0 Å². The average Bonchev–Trinajstić information content (AvgIpc) is 2.44. The van der Waals surface area contributed by atoms with E-state index in [1.807, 2.05) is 6.07 Å². The number of carboxylic acids is 1. The van der Waals surface area contributed by atoms with Crippen LogP contribution in [0.3, 0.4) is 0 Å². The number of aromatic carboxylic acids is 1. The van der Waals surface area contributed by atoms with Crippen LogP contribution in [0.5, 0.6) is 0 Å². The lowest BCUT2D eigenvalue weighted by Crippen LogP contribution is -2.33. The largest absolute Gasteiger partial charge is 0.477 e. The van der Waals surface area contributed by atoms with E-state index in [0.29, 0.717) is 4.88 Å². The van der Waals surface area contributed by atoms with Gasteiger partial charge in [0.05, 0.1) is 0 Å². The zero-order chi connectivity index (χ0) is 12.1. The first-order valence-electron chi connectivity index (χ1n) is 5.58. The van der Waals surface area contributed by atoms with Crippen molar-refractivity contribution in [2.75, 3.05) is 0 Å². The average molecular weight is 238 g/mol. The van der Waals surface area contributed by atoms with Crippen LogP contribution in [0.1, 0.15) is 54.2 Å². The highest BCUT2D eigenvalue weighted by molar-refractivity contribution is 7.14. The zero-order valence-corrected chi connectivity index (χ0v) is 11.1. The number of fused-ring (bicyclic) bond motifs is 1. The molecule has 1 N–H and O–H groups in total. The van der Waals surface area contributed by atoms with Gasteiger partial charge in [-0.3, -0.25) is 0 Å². The van der Waals surface area contributed by atoms with Crippen LogP contribution in [0.2, 0.25) is 0 Å². The Labute approximate surface area is 100 Å². The summed E-state index contributed by atoms with van der Waals surface area (Å²) in [5.41, 5.74) is 1.62. The molecule has 0 unspecified atom stereocenters. The van der Waals surface area contributed by atoms with Crippen molar-refractivity contribution in [3.8, 4) is 0 Å². The summed E-state index contributed by atoms with van der Waals surface area (Å²) in [6.45, 7) is 8.95. The summed E-state index contributed by atoms with van der Waals surface area (Å²) in [5, 5.41) is 9.04. The van der Waals surface area contributed by atoms with Gasteiger partial charge in [-0.1, -0.05) is 27.7 Å². The summed E-state index contributed by atoms with van der Waals surface area (Å²) in [5.74, 6) is -0.798. The third kappa shape index (κ3) is 1.88. The van der Waals surface area contributed by atoms with Crippen LogP contribution in [0.15, 0.2) is 6.07 Å². The number of carboxylic acid groups (broad SMARTS) is 1. The molecule has 1 heterocycles. The van der Waals surface area contributed by atoms with Crippen LogP contribution in [0, 0.1) is 5.41 Å². The number of hydrogen-bond donors (Lipinski definition) is 1. The third-order valence-corrected chi connectivity index (χ3v) is 4.43. The van der Waals surface area contributed by atoms with Crippen molar-refractivity contribution < 1.29 is 9.90 Å². The number of carbonyl (C=O) groups is 1. The summed E-state index contributed by atoms with van der Waals surface area (Å²) in [7, 11) is 0. The predicted octanol–water partition coefficient (Wildman–Crippen LogP) is 3.70. The standard InChI is InChI=1S/C13H18O2S/c1-12(2)6-10-8(13(3,4)7-12)5-9(16-10)11(14)15/h5H,6-7H2,1-4H3,(H,14,15). The minimum Gasteiger partial charge on any atom is -0.477 e. The lowest BCUT2D eigenvalue weighted by molar-refractivity contribution is 0.0702. The van der Waals surface area contributed by atoms with Crippen molar-refractivity contribution in [1.29, 1.82) is 0 Å². The minimum absolute atomic E-state index is 0.0985. The first kappa shape index (κ1) is 11.6. The van der Waals surface area contributed by atoms with Gasteiger partial charge in [0.15, 0.2) is 0 Å². The summed E-state index contributed by atoms with van der Waals surface area (Å²) >= 11 is 1.45. The molecule has 0 saturated heterocycles. The molecule has 0 bridgehead atoms. The van der Waals surface area contributed by atoms with Gasteiger partial charge in [0.2, 0.25) is 0 Å². The maximum absolute atomic E-state index is 11.0. The molecule has 0 amide bonds. The van der Waals surface area contributed by atoms with Crippen LogP contribution < -0.4 is 0 Å². The van der Waals surface area contributed by atoms with E-state index in [2.05, 4.69) is 27.7 Å². The highest BCUT2D eigenvalue weighted by atomic mass is 32.1. The second-order valence-corrected chi connectivity index (χ2v) is 7.29. The van der Waals surface area contributed by atoms with Gasteiger partial charge >= 0.3 is 5.97 Å². The van der Waals surface area contributed by atoms with Crippen molar-refractivity contribution in [2.45, 2.75) is 46.0 Å². The molecule has 3 heteroatoms. The molecule has 0 atom stereocenters. The van der Waals surface area contributed by atoms with Gasteiger partial charge in [-0.05, 0) is 35.3 Å².